The van der Waals surface area contributed by atoms with Gasteiger partial charge in [-0.15, -0.1) is 0 Å². The van der Waals surface area contributed by atoms with Gasteiger partial charge in [0.15, 0.2) is 0 Å². The topological polar surface area (TPSA) is 57.4 Å². The van der Waals surface area contributed by atoms with Gasteiger partial charge in [0.05, 0.1) is 40.0 Å². The van der Waals surface area contributed by atoms with E-state index in [0.717, 1.165) is 63.8 Å². The van der Waals surface area contributed by atoms with Crippen molar-refractivity contribution < 1.29 is 0 Å². The monoisotopic (exact) mass is 628 g/mol. The number of para-hydroxylation sites is 2. The van der Waals surface area contributed by atoms with Crippen LogP contribution >= 0.6 is 0 Å². The fourth-order valence-electron chi connectivity index (χ4n) is 8.12. The third-order valence-corrected chi connectivity index (χ3v) is 10.2. The van der Waals surface area contributed by atoms with E-state index >= 15 is 0 Å². The molecular weight excluding hydrogens is 597 g/mol. The molecule has 2 heterocycles. The predicted octanol–water partition coefficient (Wildman–Crippen LogP) is 11.1. The summed E-state index contributed by atoms with van der Waals surface area (Å²) in [5.41, 5.74) is 14.8. The zero-order valence-corrected chi connectivity index (χ0v) is 27.2. The van der Waals surface area contributed by atoms with Crippen molar-refractivity contribution in [2.24, 2.45) is 0 Å². The maximum Gasteiger partial charge on any atom is 0.0992 e. The lowest BCUT2D eigenvalue weighted by Crippen LogP contribution is -2.07. The SMILES string of the molecule is CC1CC=Cc2c1n(-c1cc(C#N)cc(-c3ccccc3-c3ccccc3-n3c4c(c5ccccc53)C=CCC4)c1)c1cc(C#N)ccc21. The highest BCUT2D eigenvalue weighted by Gasteiger charge is 2.25. The molecule has 0 saturated heterocycles. The Morgan fingerprint density at radius 1 is 0.633 bits per heavy atom. The lowest BCUT2D eigenvalue weighted by molar-refractivity contribution is 0.723. The van der Waals surface area contributed by atoms with E-state index in [1.54, 1.807) is 0 Å². The van der Waals surface area contributed by atoms with Gasteiger partial charge >= 0.3 is 0 Å². The molecule has 1 atom stereocenters. The Balaban J connectivity index is 1.28. The Morgan fingerprint density at radius 2 is 1.37 bits per heavy atom. The first-order valence-corrected chi connectivity index (χ1v) is 16.9. The summed E-state index contributed by atoms with van der Waals surface area (Å²) >= 11 is 0. The first kappa shape index (κ1) is 28.8. The van der Waals surface area contributed by atoms with E-state index < -0.39 is 0 Å². The minimum atomic E-state index is 0.281. The highest BCUT2D eigenvalue weighted by Crippen LogP contribution is 2.43. The average Bonchev–Trinajstić information content (AvgIpc) is 3.68. The van der Waals surface area contributed by atoms with Crippen LogP contribution in [0.1, 0.15) is 59.3 Å². The fraction of sp³-hybridized carbons (Fsp3) is 0.111. The number of allylic oxidation sites excluding steroid dienone is 2. The second-order valence-electron chi connectivity index (χ2n) is 13.1. The maximum atomic E-state index is 10.4. The zero-order valence-electron chi connectivity index (χ0n) is 27.2. The van der Waals surface area contributed by atoms with E-state index in [9.17, 15) is 10.5 Å². The molecule has 0 aliphatic heterocycles. The van der Waals surface area contributed by atoms with Crippen molar-refractivity contribution >= 4 is 34.0 Å². The van der Waals surface area contributed by atoms with Gasteiger partial charge in [0, 0.05) is 50.5 Å². The summed E-state index contributed by atoms with van der Waals surface area (Å²) in [5.74, 6) is 0.281. The van der Waals surface area contributed by atoms with Crippen molar-refractivity contribution in [2.75, 3.05) is 0 Å². The second kappa shape index (κ2) is 11.4. The number of hydrogen-bond acceptors (Lipinski definition) is 2. The molecular formula is C45H32N4. The molecule has 0 fully saturated rings. The summed E-state index contributed by atoms with van der Waals surface area (Å²) in [6.45, 7) is 2.25. The van der Waals surface area contributed by atoms with Crippen LogP contribution in [0.15, 0.2) is 121 Å². The molecule has 7 aromatic rings. The van der Waals surface area contributed by atoms with Crippen molar-refractivity contribution in [3.8, 4) is 45.8 Å². The Hall–Kier alpha value is -6.36. The van der Waals surface area contributed by atoms with Gasteiger partial charge in [0.1, 0.15) is 0 Å². The van der Waals surface area contributed by atoms with E-state index in [-0.39, 0.29) is 5.92 Å². The molecule has 0 saturated carbocycles. The van der Waals surface area contributed by atoms with Crippen molar-refractivity contribution in [3.63, 3.8) is 0 Å². The van der Waals surface area contributed by atoms with E-state index in [0.29, 0.717) is 11.1 Å². The van der Waals surface area contributed by atoms with Gasteiger partial charge in [0.2, 0.25) is 0 Å². The molecule has 0 radical (unpaired) electrons. The van der Waals surface area contributed by atoms with Gasteiger partial charge < -0.3 is 9.13 Å². The van der Waals surface area contributed by atoms with Crippen molar-refractivity contribution in [2.45, 2.75) is 32.1 Å². The molecule has 2 aromatic heterocycles. The number of fused-ring (bicyclic) bond motifs is 6. The molecule has 5 aromatic carbocycles. The molecule has 1 unspecified atom stereocenters. The first-order valence-electron chi connectivity index (χ1n) is 16.9. The largest absolute Gasteiger partial charge is 0.313 e. The third kappa shape index (κ3) is 4.50. The van der Waals surface area contributed by atoms with E-state index in [4.69, 9.17) is 0 Å². The summed E-state index contributed by atoms with van der Waals surface area (Å²) in [6, 6.07) is 42.9. The van der Waals surface area contributed by atoms with Crippen LogP contribution in [0.25, 0.3) is 67.6 Å². The van der Waals surface area contributed by atoms with Crippen LogP contribution in [0.4, 0.5) is 0 Å². The molecule has 0 amide bonds. The molecule has 2 aliphatic rings. The van der Waals surface area contributed by atoms with Gasteiger partial charge in [-0.1, -0.05) is 98.0 Å². The standard InChI is InChI=1S/C45H32N4/c1-29-11-10-17-40-39-22-21-30(27-46)25-44(39)48(45(29)40)33-24-31(28-47)23-32(26-33)34-12-2-3-13-35(34)36-14-4-7-18-41(36)49-42-19-8-5-15-37(42)38-16-6-9-20-43(38)49/h2-8,10,12-19,21-26,29H,9,11,20H2,1H3. The smallest absolute Gasteiger partial charge is 0.0992 e. The number of rotatable bonds is 4. The summed E-state index contributed by atoms with van der Waals surface area (Å²) in [4.78, 5) is 0. The third-order valence-electron chi connectivity index (χ3n) is 10.2. The Kier molecular flexibility index (Phi) is 6.71. The van der Waals surface area contributed by atoms with Crippen LogP contribution in [0.2, 0.25) is 0 Å². The Morgan fingerprint density at radius 3 is 2.22 bits per heavy atom. The normalized spacial score (nSPS) is 14.8. The van der Waals surface area contributed by atoms with Crippen LogP contribution in [0.3, 0.4) is 0 Å². The summed E-state index contributed by atoms with van der Waals surface area (Å²) in [6.07, 6.45) is 12.0. The van der Waals surface area contributed by atoms with Crippen LogP contribution in [0.5, 0.6) is 0 Å². The van der Waals surface area contributed by atoms with Crippen LogP contribution in [0, 0.1) is 22.7 Å². The Bertz CT molecular complexity index is 2630. The van der Waals surface area contributed by atoms with E-state index in [1.165, 1.54) is 33.4 Å². The zero-order chi connectivity index (χ0) is 33.1. The highest BCUT2D eigenvalue weighted by atomic mass is 15.0. The van der Waals surface area contributed by atoms with Gasteiger partial charge in [-0.3, -0.25) is 0 Å². The van der Waals surface area contributed by atoms with Crippen LogP contribution < -0.4 is 0 Å². The van der Waals surface area contributed by atoms with Gasteiger partial charge in [-0.25, -0.2) is 0 Å². The van der Waals surface area contributed by atoms with Crippen molar-refractivity contribution in [3.05, 3.63) is 155 Å². The molecule has 0 spiro atoms. The molecule has 4 nitrogen and oxygen atoms in total. The minimum Gasteiger partial charge on any atom is -0.313 e. The number of benzene rings is 5. The summed E-state index contributed by atoms with van der Waals surface area (Å²) in [5, 5.41) is 22.6. The van der Waals surface area contributed by atoms with Gasteiger partial charge in [0.25, 0.3) is 0 Å². The van der Waals surface area contributed by atoms with Crippen LogP contribution in [-0.2, 0) is 6.42 Å². The lowest BCUT2D eigenvalue weighted by Gasteiger charge is -2.21. The van der Waals surface area contributed by atoms with Gasteiger partial charge in [-0.2, -0.15) is 10.5 Å². The van der Waals surface area contributed by atoms with Gasteiger partial charge in [-0.05, 0) is 78.4 Å². The molecule has 0 bridgehead atoms. The number of hydrogen-bond donors (Lipinski definition) is 0. The fourth-order valence-corrected chi connectivity index (χ4v) is 8.12. The molecule has 0 N–H and O–H groups in total. The average molecular weight is 629 g/mol. The molecule has 232 valence electrons. The van der Waals surface area contributed by atoms with E-state index in [1.807, 2.05) is 24.3 Å². The number of aromatic nitrogens is 2. The summed E-state index contributed by atoms with van der Waals surface area (Å²) in [7, 11) is 0. The number of nitrogens with zero attached hydrogens (tertiary/aromatic N) is 4. The molecule has 9 rings (SSSR count). The van der Waals surface area contributed by atoms with Crippen LogP contribution in [-0.4, -0.2) is 9.13 Å². The highest BCUT2D eigenvalue weighted by molar-refractivity contribution is 5.97. The Labute approximate surface area is 285 Å². The minimum absolute atomic E-state index is 0.281. The molecule has 2 aliphatic carbocycles. The van der Waals surface area contributed by atoms with E-state index in [2.05, 4.69) is 137 Å². The predicted molar refractivity (Wildman–Crippen MR) is 200 cm³/mol. The first-order chi connectivity index (χ1) is 24.1. The van der Waals surface area contributed by atoms with Crippen molar-refractivity contribution in [1.29, 1.82) is 10.5 Å². The maximum absolute atomic E-state index is 10.4. The quantitative estimate of drug-likeness (QED) is 0.195. The second-order valence-corrected chi connectivity index (χ2v) is 13.1. The lowest BCUT2D eigenvalue weighted by atomic mass is 9.91. The summed E-state index contributed by atoms with van der Waals surface area (Å²) < 4.78 is 4.74. The molecule has 49 heavy (non-hydrogen) atoms. The molecule has 4 heteroatoms. The van der Waals surface area contributed by atoms with Crippen molar-refractivity contribution in [1.82, 2.24) is 9.13 Å². The number of nitriles is 2.